The second kappa shape index (κ2) is 5.32. The zero-order valence-corrected chi connectivity index (χ0v) is 11.5. The number of ether oxygens (including phenoxy) is 2. The molecule has 3 N–H and O–H groups in total. The second-order valence-corrected chi connectivity index (χ2v) is 5.40. The number of nitrogens with two attached hydrogens (primary N) is 1. The fourth-order valence-electron chi connectivity index (χ4n) is 3.12. The number of fused-ring (bicyclic) bond motifs is 1. The monoisotopic (exact) mass is 276 g/mol. The van der Waals surface area contributed by atoms with Gasteiger partial charge >= 0.3 is 0 Å². The molecular formula is C15H20N2O3. The normalized spacial score (nSPS) is 19.6. The Labute approximate surface area is 118 Å². The van der Waals surface area contributed by atoms with Crippen LogP contribution in [0.15, 0.2) is 18.2 Å². The fourth-order valence-corrected chi connectivity index (χ4v) is 3.12. The third kappa shape index (κ3) is 2.33. The maximum Gasteiger partial charge on any atom is 0.234 e. The molecule has 1 heterocycles. The lowest BCUT2D eigenvalue weighted by atomic mass is 9.87. The molecule has 1 saturated carbocycles. The molecule has 1 aliphatic heterocycles. The zero-order chi connectivity index (χ0) is 14.0. The molecule has 1 aromatic rings. The molecule has 5 nitrogen and oxygen atoms in total. The molecule has 1 aromatic carbocycles. The van der Waals surface area contributed by atoms with E-state index in [1.165, 1.54) is 0 Å². The van der Waals surface area contributed by atoms with Gasteiger partial charge in [-0.15, -0.1) is 0 Å². The minimum atomic E-state index is -0.299. The Morgan fingerprint density at radius 3 is 2.60 bits per heavy atom. The Bertz CT molecular complexity index is 510. The topological polar surface area (TPSA) is 73.6 Å². The van der Waals surface area contributed by atoms with Crippen molar-refractivity contribution in [3.05, 3.63) is 23.8 Å². The molecule has 1 fully saturated rings. The largest absolute Gasteiger partial charge is 0.486 e. The van der Waals surface area contributed by atoms with Gasteiger partial charge in [-0.05, 0) is 30.5 Å². The number of carbonyl (C=O) groups excluding carboxylic acids is 1. The first kappa shape index (κ1) is 13.2. The van der Waals surface area contributed by atoms with Gasteiger partial charge in [0.05, 0.1) is 12.1 Å². The van der Waals surface area contributed by atoms with Gasteiger partial charge in [0.2, 0.25) is 5.91 Å². The van der Waals surface area contributed by atoms with Crippen molar-refractivity contribution in [2.24, 2.45) is 5.73 Å². The summed E-state index contributed by atoms with van der Waals surface area (Å²) >= 11 is 0. The van der Waals surface area contributed by atoms with Gasteiger partial charge in [0.15, 0.2) is 11.5 Å². The molecule has 5 heteroatoms. The first-order valence-corrected chi connectivity index (χ1v) is 7.15. The highest BCUT2D eigenvalue weighted by Gasteiger charge is 2.37. The molecule has 108 valence electrons. The number of benzene rings is 1. The highest BCUT2D eigenvalue weighted by atomic mass is 16.6. The average molecular weight is 276 g/mol. The van der Waals surface area contributed by atoms with Crippen LogP contribution in [-0.2, 0) is 10.3 Å². The van der Waals surface area contributed by atoms with Gasteiger partial charge in [0.1, 0.15) is 13.2 Å². The number of rotatable bonds is 3. The van der Waals surface area contributed by atoms with E-state index < -0.39 is 0 Å². The van der Waals surface area contributed by atoms with Crippen molar-refractivity contribution in [1.82, 2.24) is 5.32 Å². The maximum atomic E-state index is 11.7. The van der Waals surface area contributed by atoms with Gasteiger partial charge in [-0.1, -0.05) is 18.9 Å². The molecule has 1 aliphatic carbocycles. The van der Waals surface area contributed by atoms with E-state index in [1.54, 1.807) is 0 Å². The summed E-state index contributed by atoms with van der Waals surface area (Å²) in [5, 5.41) is 3.10. The number of hydrogen-bond acceptors (Lipinski definition) is 4. The number of hydrogen-bond donors (Lipinski definition) is 2. The Balaban J connectivity index is 1.93. The van der Waals surface area contributed by atoms with E-state index in [0.29, 0.717) is 13.2 Å². The van der Waals surface area contributed by atoms with Crippen LogP contribution in [0.4, 0.5) is 0 Å². The molecular weight excluding hydrogens is 256 g/mol. The van der Waals surface area contributed by atoms with E-state index in [2.05, 4.69) is 5.32 Å². The Morgan fingerprint density at radius 2 is 1.90 bits per heavy atom. The van der Waals surface area contributed by atoms with Gasteiger partial charge in [-0.3, -0.25) is 4.79 Å². The van der Waals surface area contributed by atoms with E-state index in [9.17, 15) is 4.79 Å². The molecule has 20 heavy (non-hydrogen) atoms. The standard InChI is InChI=1S/C15H20N2O3/c16-10-14(18)17-15(5-1-2-6-15)11-3-4-12-13(9-11)20-8-7-19-12/h3-4,9H,1-2,5-8,10,16H2,(H,17,18). The van der Waals surface area contributed by atoms with Gasteiger partial charge in [-0.2, -0.15) is 0 Å². The molecule has 3 rings (SSSR count). The molecule has 1 amide bonds. The third-order valence-electron chi connectivity index (χ3n) is 4.12. The van der Waals surface area contributed by atoms with Crippen molar-refractivity contribution < 1.29 is 14.3 Å². The van der Waals surface area contributed by atoms with Crippen molar-refractivity contribution in [1.29, 1.82) is 0 Å². The lowest BCUT2D eigenvalue weighted by Crippen LogP contribution is -2.46. The molecule has 0 saturated heterocycles. The van der Waals surface area contributed by atoms with Crippen LogP contribution in [0, 0.1) is 0 Å². The van der Waals surface area contributed by atoms with E-state index in [0.717, 1.165) is 42.7 Å². The van der Waals surface area contributed by atoms with Crippen molar-refractivity contribution >= 4 is 5.91 Å². The van der Waals surface area contributed by atoms with Crippen LogP contribution >= 0.6 is 0 Å². The second-order valence-electron chi connectivity index (χ2n) is 5.40. The number of carbonyl (C=O) groups is 1. The molecule has 0 bridgehead atoms. The molecule has 0 radical (unpaired) electrons. The average Bonchev–Trinajstić information content (AvgIpc) is 2.96. The molecule has 0 aromatic heterocycles. The van der Waals surface area contributed by atoms with Crippen LogP contribution in [-0.4, -0.2) is 25.7 Å². The van der Waals surface area contributed by atoms with E-state index >= 15 is 0 Å². The first-order valence-electron chi connectivity index (χ1n) is 7.15. The van der Waals surface area contributed by atoms with Gasteiger partial charge in [-0.25, -0.2) is 0 Å². The minimum absolute atomic E-state index is 0.0201. The van der Waals surface area contributed by atoms with Crippen LogP contribution in [0.1, 0.15) is 31.2 Å². The minimum Gasteiger partial charge on any atom is -0.486 e. The number of nitrogens with one attached hydrogen (secondary N) is 1. The van der Waals surface area contributed by atoms with Crippen LogP contribution in [0.2, 0.25) is 0 Å². The summed E-state index contributed by atoms with van der Waals surface area (Å²) in [6, 6.07) is 5.95. The summed E-state index contributed by atoms with van der Waals surface area (Å²) in [6.45, 7) is 1.17. The van der Waals surface area contributed by atoms with Crippen molar-refractivity contribution in [2.45, 2.75) is 31.2 Å². The SMILES string of the molecule is NCC(=O)NC1(c2ccc3c(c2)OCCO3)CCCC1. The van der Waals surface area contributed by atoms with E-state index in [1.807, 2.05) is 18.2 Å². The predicted octanol–water partition coefficient (Wildman–Crippen LogP) is 1.30. The fraction of sp³-hybridized carbons (Fsp3) is 0.533. The summed E-state index contributed by atoms with van der Waals surface area (Å²) in [7, 11) is 0. The van der Waals surface area contributed by atoms with Crippen molar-refractivity contribution in [3.63, 3.8) is 0 Å². The van der Waals surface area contributed by atoms with Crippen LogP contribution in [0.3, 0.4) is 0 Å². The summed E-state index contributed by atoms with van der Waals surface area (Å²) in [4.78, 5) is 11.7. The third-order valence-corrected chi connectivity index (χ3v) is 4.12. The van der Waals surface area contributed by atoms with E-state index in [-0.39, 0.29) is 18.0 Å². The molecule has 0 unspecified atom stereocenters. The van der Waals surface area contributed by atoms with E-state index in [4.69, 9.17) is 15.2 Å². The summed E-state index contributed by atoms with van der Waals surface area (Å²) < 4.78 is 11.2. The summed E-state index contributed by atoms with van der Waals surface area (Å²) in [5.41, 5.74) is 6.23. The lowest BCUT2D eigenvalue weighted by molar-refractivity contribution is -0.121. The van der Waals surface area contributed by atoms with Gasteiger partial charge in [0.25, 0.3) is 0 Å². The molecule has 0 spiro atoms. The first-order chi connectivity index (χ1) is 9.73. The van der Waals surface area contributed by atoms with Crippen LogP contribution < -0.4 is 20.5 Å². The molecule has 2 aliphatic rings. The number of amides is 1. The highest BCUT2D eigenvalue weighted by molar-refractivity contribution is 5.79. The van der Waals surface area contributed by atoms with Crippen molar-refractivity contribution in [2.75, 3.05) is 19.8 Å². The summed E-state index contributed by atoms with van der Waals surface area (Å²) in [6.07, 6.45) is 4.11. The van der Waals surface area contributed by atoms with Crippen LogP contribution in [0.5, 0.6) is 11.5 Å². The smallest absolute Gasteiger partial charge is 0.234 e. The Morgan fingerprint density at radius 1 is 1.20 bits per heavy atom. The maximum absolute atomic E-state index is 11.7. The Hall–Kier alpha value is -1.75. The quantitative estimate of drug-likeness (QED) is 0.873. The molecule has 0 atom stereocenters. The zero-order valence-electron chi connectivity index (χ0n) is 11.5. The predicted molar refractivity (Wildman–Crippen MR) is 74.8 cm³/mol. The highest BCUT2D eigenvalue weighted by Crippen LogP contribution is 2.42. The van der Waals surface area contributed by atoms with Crippen LogP contribution in [0.25, 0.3) is 0 Å². The van der Waals surface area contributed by atoms with Crippen molar-refractivity contribution in [3.8, 4) is 11.5 Å². The lowest BCUT2D eigenvalue weighted by Gasteiger charge is -2.32. The van der Waals surface area contributed by atoms with Gasteiger partial charge < -0.3 is 20.5 Å². The summed E-state index contributed by atoms with van der Waals surface area (Å²) in [5.74, 6) is 1.43. The van der Waals surface area contributed by atoms with Gasteiger partial charge in [0, 0.05) is 0 Å². The Kier molecular flexibility index (Phi) is 3.53.